The summed E-state index contributed by atoms with van der Waals surface area (Å²) < 4.78 is 45.0. The van der Waals surface area contributed by atoms with E-state index in [2.05, 4.69) is 20.2 Å². The largest absolute Gasteiger partial charge is 0.497 e. The Kier molecular flexibility index (Phi) is 10.7. The van der Waals surface area contributed by atoms with E-state index in [0.29, 0.717) is 59.2 Å². The summed E-state index contributed by atoms with van der Waals surface area (Å²) in [7, 11) is 1.07. The van der Waals surface area contributed by atoms with Gasteiger partial charge in [-0.15, -0.1) is 0 Å². The van der Waals surface area contributed by atoms with E-state index >= 15 is 0 Å². The Morgan fingerprint density at radius 3 is 1.94 bits per heavy atom. The van der Waals surface area contributed by atoms with E-state index in [1.165, 1.54) is 0 Å². The van der Waals surface area contributed by atoms with Crippen molar-refractivity contribution in [1.82, 2.24) is 24.9 Å². The minimum absolute atomic E-state index is 0.330. The number of anilines is 3. The summed E-state index contributed by atoms with van der Waals surface area (Å²) in [5.74, 6) is 3.64. The lowest BCUT2D eigenvalue weighted by Crippen LogP contribution is -2.25. The van der Waals surface area contributed by atoms with Crippen LogP contribution >= 0.6 is 0 Å². The smallest absolute Gasteiger partial charge is 0.264 e. The molecule has 0 spiro atoms. The minimum atomic E-state index is -3.73. The maximum Gasteiger partial charge on any atom is 0.264 e. The molecule has 1 unspecified atom stereocenters. The average molecular weight is 672 g/mol. The molecule has 5 aromatic rings. The van der Waals surface area contributed by atoms with E-state index in [1.807, 2.05) is 48.5 Å². The maximum atomic E-state index is 11.9. The van der Waals surface area contributed by atoms with Gasteiger partial charge in [-0.2, -0.15) is 18.4 Å². The van der Waals surface area contributed by atoms with Crippen LogP contribution in [-0.2, 0) is 27.4 Å². The highest BCUT2D eigenvalue weighted by molar-refractivity contribution is 7.86. The Morgan fingerprint density at radius 2 is 1.42 bits per heavy atom. The quantitative estimate of drug-likeness (QED) is 0.145. The van der Waals surface area contributed by atoms with Crippen LogP contribution in [0.15, 0.2) is 79.1 Å². The Morgan fingerprint density at radius 1 is 0.792 bits per heavy atom. The highest BCUT2D eigenvalue weighted by atomic mass is 32.2. The highest BCUT2D eigenvalue weighted by Gasteiger charge is 2.21. The van der Waals surface area contributed by atoms with Crippen LogP contribution in [0.25, 0.3) is 11.4 Å². The second kappa shape index (κ2) is 15.0. The summed E-state index contributed by atoms with van der Waals surface area (Å²) in [5.41, 5.74) is 3.71. The summed E-state index contributed by atoms with van der Waals surface area (Å²) >= 11 is 0. The van der Waals surface area contributed by atoms with E-state index in [1.54, 1.807) is 65.8 Å². The number of rotatable bonds is 14. The molecular formula is C34H37N7O6S. The molecule has 250 valence electrons. The molecule has 0 fully saturated rings. The van der Waals surface area contributed by atoms with Crippen LogP contribution in [0.1, 0.15) is 35.5 Å². The van der Waals surface area contributed by atoms with Crippen molar-refractivity contribution < 1.29 is 26.8 Å². The van der Waals surface area contributed by atoms with Crippen LogP contribution < -0.4 is 24.4 Å². The molecule has 3 aromatic heterocycles. The van der Waals surface area contributed by atoms with Crippen molar-refractivity contribution in [2.45, 2.75) is 33.0 Å². The number of methoxy groups -OCH3 is 3. The summed E-state index contributed by atoms with van der Waals surface area (Å²) in [5, 5.41) is 3.28. The molecule has 2 aromatic carbocycles. The zero-order valence-corrected chi connectivity index (χ0v) is 28.4. The Hall–Kier alpha value is -5.34. The fraction of sp³-hybridized carbons (Fsp3) is 0.265. The molecule has 0 aliphatic heterocycles. The van der Waals surface area contributed by atoms with E-state index in [-0.39, 0.29) is 0 Å². The van der Waals surface area contributed by atoms with Crippen LogP contribution in [0.5, 0.6) is 17.4 Å². The van der Waals surface area contributed by atoms with Gasteiger partial charge in [-0.3, -0.25) is 4.18 Å². The lowest BCUT2D eigenvalue weighted by atomic mass is 10.1. The van der Waals surface area contributed by atoms with Gasteiger partial charge < -0.3 is 24.4 Å². The predicted octanol–water partition coefficient (Wildman–Crippen LogP) is 5.65. The van der Waals surface area contributed by atoms with Gasteiger partial charge in [-0.1, -0.05) is 24.3 Å². The number of pyridine rings is 2. The van der Waals surface area contributed by atoms with E-state index in [9.17, 15) is 8.42 Å². The molecular weight excluding hydrogens is 634 g/mol. The first kappa shape index (κ1) is 34.0. The number of nitrogens with one attached hydrogen (secondary N) is 1. The molecule has 0 saturated carbocycles. The lowest BCUT2D eigenvalue weighted by Gasteiger charge is -2.24. The van der Waals surface area contributed by atoms with Gasteiger partial charge in [0.2, 0.25) is 11.8 Å². The standard InChI is InChI=1S/C34H37N7O6S/c1-22(47-48(6,42)43)26-17-30(32(36-18-26)39-27-11-16-31(46-5)35-19-27)33-37-23(2)38-34(40-33)41(20-24-7-12-28(44-3)13-8-24)21-25-9-14-29(45-4)15-10-25/h7-19,22H,20-21H2,1-6H3,(H,36,39). The molecule has 0 radical (unpaired) electrons. The zero-order chi connectivity index (χ0) is 34.3. The average Bonchev–Trinajstić information content (AvgIpc) is 3.08. The molecule has 3 heterocycles. The van der Waals surface area contributed by atoms with Crippen molar-refractivity contribution in [3.05, 3.63) is 102 Å². The second-order valence-electron chi connectivity index (χ2n) is 10.9. The van der Waals surface area contributed by atoms with E-state index in [4.69, 9.17) is 33.3 Å². The second-order valence-corrected chi connectivity index (χ2v) is 12.5. The van der Waals surface area contributed by atoms with Crippen molar-refractivity contribution in [1.29, 1.82) is 0 Å². The van der Waals surface area contributed by atoms with Gasteiger partial charge in [0.25, 0.3) is 10.1 Å². The van der Waals surface area contributed by atoms with Crippen LogP contribution in [0.3, 0.4) is 0 Å². The molecule has 0 aliphatic carbocycles. The normalized spacial score (nSPS) is 11.9. The van der Waals surface area contributed by atoms with Gasteiger partial charge in [0.1, 0.15) is 29.2 Å². The summed E-state index contributed by atoms with van der Waals surface area (Å²) in [6.45, 7) is 4.40. The number of nitrogens with zero attached hydrogens (tertiary/aromatic N) is 6. The van der Waals surface area contributed by atoms with Crippen molar-refractivity contribution in [2.75, 3.05) is 37.8 Å². The minimum Gasteiger partial charge on any atom is -0.497 e. The van der Waals surface area contributed by atoms with Crippen molar-refractivity contribution in [2.24, 2.45) is 0 Å². The fourth-order valence-corrected chi connectivity index (χ4v) is 5.47. The van der Waals surface area contributed by atoms with Gasteiger partial charge in [-0.05, 0) is 61.4 Å². The molecule has 14 heteroatoms. The molecule has 5 rings (SSSR count). The Bertz CT molecular complexity index is 1890. The van der Waals surface area contributed by atoms with Crippen LogP contribution in [-0.4, -0.2) is 60.9 Å². The molecule has 1 N–H and O–H groups in total. The monoisotopic (exact) mass is 671 g/mol. The van der Waals surface area contributed by atoms with Gasteiger partial charge in [0, 0.05) is 30.9 Å². The van der Waals surface area contributed by atoms with Crippen LogP contribution in [0, 0.1) is 6.92 Å². The third-order valence-corrected chi connectivity index (χ3v) is 7.87. The van der Waals surface area contributed by atoms with Crippen molar-refractivity contribution in [3.63, 3.8) is 0 Å². The van der Waals surface area contributed by atoms with Gasteiger partial charge >= 0.3 is 0 Å². The lowest BCUT2D eigenvalue weighted by molar-refractivity contribution is 0.236. The topological polar surface area (TPSA) is 151 Å². The highest BCUT2D eigenvalue weighted by Crippen LogP contribution is 2.32. The van der Waals surface area contributed by atoms with Gasteiger partial charge in [0.05, 0.1) is 45.0 Å². The number of aryl methyl sites for hydroxylation is 1. The molecule has 13 nitrogen and oxygen atoms in total. The molecule has 0 aliphatic rings. The summed E-state index contributed by atoms with van der Waals surface area (Å²) in [6.07, 6.45) is 3.36. The van der Waals surface area contributed by atoms with Crippen LogP contribution in [0.2, 0.25) is 0 Å². The first-order valence-electron chi connectivity index (χ1n) is 14.9. The maximum absolute atomic E-state index is 11.9. The molecule has 0 amide bonds. The zero-order valence-electron chi connectivity index (χ0n) is 27.5. The van der Waals surface area contributed by atoms with Gasteiger partial charge in [0.15, 0.2) is 5.82 Å². The van der Waals surface area contributed by atoms with Crippen LogP contribution in [0.4, 0.5) is 17.5 Å². The Balaban J connectivity index is 1.59. The number of hydrogen-bond donors (Lipinski definition) is 1. The molecule has 48 heavy (non-hydrogen) atoms. The molecule has 0 saturated heterocycles. The summed E-state index contributed by atoms with van der Waals surface area (Å²) in [4.78, 5) is 25.3. The Labute approximate surface area is 280 Å². The number of hydrogen-bond acceptors (Lipinski definition) is 13. The molecule has 1 atom stereocenters. The fourth-order valence-electron chi connectivity index (χ4n) is 4.83. The third-order valence-electron chi connectivity index (χ3n) is 7.23. The first-order valence-corrected chi connectivity index (χ1v) is 16.7. The van der Waals surface area contributed by atoms with Crippen molar-refractivity contribution in [3.8, 4) is 28.8 Å². The molecule has 0 bridgehead atoms. The first-order chi connectivity index (χ1) is 23.0. The van der Waals surface area contributed by atoms with E-state index in [0.717, 1.165) is 28.9 Å². The van der Waals surface area contributed by atoms with Gasteiger partial charge in [-0.25, -0.2) is 15.0 Å². The third kappa shape index (κ3) is 8.92. The number of benzene rings is 2. The van der Waals surface area contributed by atoms with E-state index < -0.39 is 16.2 Å². The van der Waals surface area contributed by atoms with Crippen molar-refractivity contribution >= 4 is 27.6 Å². The predicted molar refractivity (Wildman–Crippen MR) is 182 cm³/mol. The number of aromatic nitrogens is 5. The summed E-state index contributed by atoms with van der Waals surface area (Å²) in [6, 6.07) is 20.9. The SMILES string of the molecule is COc1ccc(CN(Cc2ccc(OC)cc2)c2nc(C)nc(-c3cc(C(C)OS(C)(=O)=O)cnc3Nc3ccc(OC)nc3)n2)cc1. The number of ether oxygens (including phenoxy) is 3.